The molecule has 0 aromatic carbocycles. The van der Waals surface area contributed by atoms with Crippen LogP contribution < -0.4 is 4.90 Å². The van der Waals surface area contributed by atoms with Gasteiger partial charge >= 0.3 is 0 Å². The smallest absolute Gasteiger partial charge is 0.233 e. The van der Waals surface area contributed by atoms with Crippen molar-refractivity contribution in [3.8, 4) is 0 Å². The van der Waals surface area contributed by atoms with Crippen LogP contribution in [0.5, 0.6) is 0 Å². The monoisotopic (exact) mass is 310 g/mol. The maximum absolute atomic E-state index is 8.78. The van der Waals surface area contributed by atoms with E-state index in [2.05, 4.69) is 62.8 Å². The van der Waals surface area contributed by atoms with Crippen molar-refractivity contribution in [2.45, 2.75) is 59.8 Å². The number of carboxylic acid groups (broad SMARTS) is 1. The molecule has 0 saturated heterocycles. The topological polar surface area (TPSA) is 41.7 Å². The molecule has 0 aromatic heterocycles. The minimum Gasteiger partial charge on any atom is -0.490 e. The molecule has 0 spiro atoms. The lowest BCUT2D eigenvalue weighted by Crippen LogP contribution is -3.02. The van der Waals surface area contributed by atoms with E-state index in [1.807, 2.05) is 0 Å². The molecule has 2 N–H and O–H groups in total. The maximum atomic E-state index is 8.78. The summed E-state index contributed by atoms with van der Waals surface area (Å²) in [6, 6.07) is 0. The largest absolute Gasteiger partial charge is 0.490 e. The summed E-state index contributed by atoms with van der Waals surface area (Å²) >= 11 is 0. The minimum absolute atomic E-state index is 0.902. The van der Waals surface area contributed by atoms with Crippen LogP contribution in [-0.4, -0.2) is 40.0 Å². The van der Waals surface area contributed by atoms with Gasteiger partial charge in [-0.15, -0.1) is 0 Å². The normalized spacial score (nSPS) is 28.2. The number of rotatable bonds is 0. The summed E-state index contributed by atoms with van der Waals surface area (Å²) in [7, 11) is 10.3. The molecule has 1 aliphatic carbocycles. The predicted molar refractivity (Wildman–Crippen MR) is 96.8 cm³/mol. The Kier molecular flexibility index (Phi) is 14.8. The zero-order valence-electron chi connectivity index (χ0n) is 15.8. The van der Waals surface area contributed by atoms with Crippen LogP contribution in [-0.2, 0) is 0 Å². The Morgan fingerprint density at radius 2 is 1.64 bits per heavy atom. The van der Waals surface area contributed by atoms with E-state index in [0.717, 1.165) is 17.8 Å². The van der Waals surface area contributed by atoms with E-state index in [9.17, 15) is 0 Å². The molecule has 0 fully saturated rings. The van der Waals surface area contributed by atoms with E-state index in [-0.39, 0.29) is 0 Å². The van der Waals surface area contributed by atoms with Gasteiger partial charge in [0.2, 0.25) is 13.7 Å². The van der Waals surface area contributed by atoms with Gasteiger partial charge in [-0.05, 0) is 56.8 Å². The molecule has 0 aromatic rings. The molecule has 0 saturated carbocycles. The van der Waals surface area contributed by atoms with E-state index in [1.54, 1.807) is 5.57 Å². The van der Waals surface area contributed by atoms with Gasteiger partial charge in [-0.3, -0.25) is 4.79 Å². The summed E-state index contributed by atoms with van der Waals surface area (Å²) in [5.74, 6) is 1.39. The summed E-state index contributed by atoms with van der Waals surface area (Å²) < 4.78 is 0. The Balaban J connectivity index is 0. The van der Waals surface area contributed by atoms with Crippen molar-refractivity contribution in [3.63, 3.8) is 0 Å². The Hall–Kier alpha value is -0.765. The lowest BCUT2D eigenvalue weighted by molar-refractivity contribution is -0.836. The average Bonchev–Trinajstić information content (AvgIpc) is 2.34. The molecular weight excluding hydrogens is 273 g/mol. The van der Waals surface area contributed by atoms with Gasteiger partial charge < -0.3 is 10.0 Å². The van der Waals surface area contributed by atoms with Gasteiger partial charge in [0.05, 0.1) is 21.1 Å². The van der Waals surface area contributed by atoms with Crippen LogP contribution in [0.15, 0.2) is 11.6 Å². The highest BCUT2D eigenvalue weighted by molar-refractivity contribution is 6.54. The van der Waals surface area contributed by atoms with Gasteiger partial charge in [-0.25, -0.2) is 0 Å². The second-order valence-electron chi connectivity index (χ2n) is 7.30. The first-order valence-electron chi connectivity index (χ1n) is 8.47. The molecule has 4 heteroatoms. The molecule has 0 amide bonds. The number of hydrogen-bond donors (Lipinski definition) is 2. The van der Waals surface area contributed by atoms with E-state index < -0.39 is 5.87 Å². The van der Waals surface area contributed by atoms with Crippen molar-refractivity contribution in [2.75, 3.05) is 21.1 Å². The lowest BCUT2D eigenvalue weighted by Gasteiger charge is -2.24. The van der Waals surface area contributed by atoms with Crippen LogP contribution >= 0.6 is 0 Å². The zero-order valence-corrected chi connectivity index (χ0v) is 15.8. The first-order valence-corrected chi connectivity index (χ1v) is 8.47. The Morgan fingerprint density at radius 3 is 2.09 bits per heavy atom. The third-order valence-corrected chi connectivity index (χ3v) is 3.89. The third kappa shape index (κ3) is 19.2. The molecule has 2 radical (unpaired) electrons. The van der Waals surface area contributed by atoms with Crippen molar-refractivity contribution in [3.05, 3.63) is 11.6 Å². The highest BCUT2D eigenvalue weighted by atomic mass is 16.4. The molecule has 0 heterocycles. The van der Waals surface area contributed by atoms with Crippen molar-refractivity contribution < 1.29 is 14.8 Å². The third-order valence-electron chi connectivity index (χ3n) is 3.89. The molecule has 0 bridgehead atoms. The van der Waals surface area contributed by atoms with Gasteiger partial charge in [-0.1, -0.05) is 32.4 Å². The van der Waals surface area contributed by atoms with Gasteiger partial charge in [0.1, 0.15) is 0 Å². The number of quaternary nitrogens is 1. The fourth-order valence-corrected chi connectivity index (χ4v) is 2.44. The number of allylic oxidation sites excluding steroid dienone is 2. The van der Waals surface area contributed by atoms with Crippen molar-refractivity contribution in [2.24, 2.45) is 17.8 Å². The fraction of sp³-hybridized carbons (Fsp3) is 0.833. The number of nitrogens with one attached hydrogen (secondary N) is 1. The maximum Gasteiger partial charge on any atom is 0.233 e. The van der Waals surface area contributed by atoms with Crippen LogP contribution in [0.3, 0.4) is 0 Å². The Bertz CT molecular complexity index is 309. The Labute approximate surface area is 139 Å². The Morgan fingerprint density at radius 1 is 1.18 bits per heavy atom. The quantitative estimate of drug-likeness (QED) is 0.532. The van der Waals surface area contributed by atoms with Gasteiger partial charge in [0.15, 0.2) is 0 Å². The van der Waals surface area contributed by atoms with Gasteiger partial charge in [0, 0.05) is 0 Å². The highest BCUT2D eigenvalue weighted by Crippen LogP contribution is 2.28. The molecule has 3 unspecified atom stereocenters. The second kappa shape index (κ2) is 13.9. The van der Waals surface area contributed by atoms with Crippen LogP contribution in [0, 0.1) is 17.8 Å². The molecule has 128 valence electrons. The van der Waals surface area contributed by atoms with E-state index in [4.69, 9.17) is 9.90 Å². The van der Waals surface area contributed by atoms with E-state index in [1.165, 1.54) is 37.0 Å². The molecule has 3 atom stereocenters. The highest BCUT2D eigenvalue weighted by Gasteiger charge is 2.16. The average molecular weight is 310 g/mol. The predicted octanol–water partition coefficient (Wildman–Crippen LogP) is 3.40. The fourth-order valence-electron chi connectivity index (χ4n) is 2.44. The molecule has 3 nitrogen and oxygen atoms in total. The summed E-state index contributed by atoms with van der Waals surface area (Å²) in [6.45, 7) is 9.56. The van der Waals surface area contributed by atoms with Crippen LogP contribution in [0.1, 0.15) is 59.8 Å². The molecule has 22 heavy (non-hydrogen) atoms. The van der Waals surface area contributed by atoms with Crippen molar-refractivity contribution >= 4 is 13.7 Å². The lowest BCUT2D eigenvalue weighted by atomic mass is 9.82. The summed E-state index contributed by atoms with van der Waals surface area (Å²) in [5.41, 5.74) is 1.61. The van der Waals surface area contributed by atoms with Crippen molar-refractivity contribution in [1.29, 1.82) is 0 Å². The molecule has 0 aliphatic heterocycles. The standard InChI is InChI=1S/C14H26.C3H9N.CHBO2/c1-11-6-5-7-13(3)14(4)10-12(2)9-8-11;1-4(2)3;2-1(3)4/h6,12-14H,5,7-10H2,1-4H3;1-3H3;(H,3,4)/p+1/b11-6+;;. The summed E-state index contributed by atoms with van der Waals surface area (Å²) in [5, 5.41) is 7.19. The second-order valence-corrected chi connectivity index (χ2v) is 7.30. The van der Waals surface area contributed by atoms with Crippen LogP contribution in [0.4, 0.5) is 4.79 Å². The van der Waals surface area contributed by atoms with Gasteiger partial charge in [0.25, 0.3) is 0 Å². The van der Waals surface area contributed by atoms with Crippen LogP contribution in [0.25, 0.3) is 0 Å². The summed E-state index contributed by atoms with van der Waals surface area (Å²) in [6.07, 6.45) is 9.27. The van der Waals surface area contributed by atoms with Crippen molar-refractivity contribution in [1.82, 2.24) is 0 Å². The minimum atomic E-state index is -1.33. The van der Waals surface area contributed by atoms with Gasteiger partial charge in [-0.2, -0.15) is 0 Å². The molecular formula is C18H37BNO2+. The molecule has 1 rings (SSSR count). The van der Waals surface area contributed by atoms with Crippen LogP contribution in [0.2, 0.25) is 0 Å². The first kappa shape index (κ1) is 23.5. The van der Waals surface area contributed by atoms with E-state index >= 15 is 0 Å². The zero-order chi connectivity index (χ0) is 17.7. The van der Waals surface area contributed by atoms with E-state index in [0.29, 0.717) is 0 Å². The SMILES string of the molecule is C/C1=C\CCC(C)C(C)CC(C)CC1.C[NH+](C)C.[B]C(=O)O. The number of hydrogen-bond acceptors (Lipinski definition) is 1. The summed E-state index contributed by atoms with van der Waals surface area (Å²) in [4.78, 5) is 10.2. The molecule has 1 aliphatic rings. The number of carbonyl (C=O) groups is 1. The first-order chi connectivity index (χ1) is 10.1.